The SMILES string of the molecule is COc1nn(C)cc1Cc1ncc(C)c(C2=CCc3c(NC(=O)[C@@H](C)N4CCN(C)CC4)cccc32)n1. The molecule has 37 heavy (non-hydrogen) atoms. The first-order valence-corrected chi connectivity index (χ1v) is 12.8. The van der Waals surface area contributed by atoms with Gasteiger partial charge in [0, 0.05) is 68.9 Å². The molecule has 0 bridgehead atoms. The van der Waals surface area contributed by atoms with Gasteiger partial charge in [0.2, 0.25) is 11.8 Å². The van der Waals surface area contributed by atoms with E-state index in [1.807, 2.05) is 45.4 Å². The number of benzene rings is 1. The van der Waals surface area contributed by atoms with Crippen LogP contribution in [0.5, 0.6) is 5.88 Å². The molecule has 0 radical (unpaired) electrons. The van der Waals surface area contributed by atoms with Gasteiger partial charge in [0.1, 0.15) is 5.82 Å². The van der Waals surface area contributed by atoms with Gasteiger partial charge in [0.15, 0.2) is 0 Å². The van der Waals surface area contributed by atoms with Gasteiger partial charge >= 0.3 is 0 Å². The fourth-order valence-electron chi connectivity index (χ4n) is 5.14. The molecule has 3 heterocycles. The molecule has 0 saturated carbocycles. The van der Waals surface area contributed by atoms with Crippen molar-refractivity contribution < 1.29 is 9.53 Å². The number of rotatable bonds is 7. The lowest BCUT2D eigenvalue weighted by Crippen LogP contribution is -2.51. The number of allylic oxidation sites excluding steroid dienone is 1. The number of amides is 1. The maximum atomic E-state index is 13.1. The number of anilines is 1. The van der Waals surface area contributed by atoms with Crippen LogP contribution in [-0.2, 0) is 24.7 Å². The summed E-state index contributed by atoms with van der Waals surface area (Å²) in [5.41, 5.74) is 7.07. The molecular formula is C28H35N7O2. The Bertz CT molecular complexity index is 1340. The third-order valence-electron chi connectivity index (χ3n) is 7.38. The lowest BCUT2D eigenvalue weighted by molar-refractivity contribution is -0.121. The fourth-order valence-corrected chi connectivity index (χ4v) is 5.14. The molecule has 0 unspecified atom stereocenters. The zero-order chi connectivity index (χ0) is 26.1. The van der Waals surface area contributed by atoms with Gasteiger partial charge in [-0.05, 0) is 50.1 Å². The summed E-state index contributed by atoms with van der Waals surface area (Å²) in [6.45, 7) is 7.81. The molecule has 9 nitrogen and oxygen atoms in total. The number of hydrogen-bond acceptors (Lipinski definition) is 7. The van der Waals surface area contributed by atoms with Crippen molar-refractivity contribution in [2.24, 2.45) is 7.05 Å². The Balaban J connectivity index is 1.36. The topological polar surface area (TPSA) is 88.4 Å². The summed E-state index contributed by atoms with van der Waals surface area (Å²) in [5.74, 6) is 1.34. The molecule has 2 aliphatic rings. The molecule has 9 heteroatoms. The quantitative estimate of drug-likeness (QED) is 0.533. The van der Waals surface area contributed by atoms with E-state index in [2.05, 4.69) is 44.4 Å². The molecule has 3 aromatic rings. The summed E-state index contributed by atoms with van der Waals surface area (Å²) in [6.07, 6.45) is 7.30. The monoisotopic (exact) mass is 501 g/mol. The minimum Gasteiger partial charge on any atom is -0.480 e. The second kappa shape index (κ2) is 10.4. The van der Waals surface area contributed by atoms with Gasteiger partial charge in [0.25, 0.3) is 0 Å². The van der Waals surface area contributed by atoms with Crippen LogP contribution in [0.1, 0.15) is 40.7 Å². The lowest BCUT2D eigenvalue weighted by atomic mass is 9.99. The maximum absolute atomic E-state index is 13.1. The number of nitrogens with zero attached hydrogens (tertiary/aromatic N) is 6. The predicted octanol–water partition coefficient (Wildman–Crippen LogP) is 2.68. The molecule has 1 aliphatic heterocycles. The summed E-state index contributed by atoms with van der Waals surface area (Å²) >= 11 is 0. The number of fused-ring (bicyclic) bond motifs is 1. The largest absolute Gasteiger partial charge is 0.480 e. The van der Waals surface area contributed by atoms with E-state index in [1.54, 1.807) is 11.8 Å². The van der Waals surface area contributed by atoms with Crippen molar-refractivity contribution in [1.29, 1.82) is 0 Å². The van der Waals surface area contributed by atoms with E-state index in [-0.39, 0.29) is 11.9 Å². The third kappa shape index (κ3) is 5.14. The standard InChI is InChI=1S/C28H35N7O2/c1-18-16-29-25(15-20-17-34(4)32-28(20)37-5)31-26(18)23-10-9-22-21(23)7-6-8-24(22)30-27(36)19(2)35-13-11-33(3)12-14-35/h6-8,10,16-17,19H,9,11-15H2,1-5H3,(H,30,36)/t19-/m1/s1. The zero-order valence-electron chi connectivity index (χ0n) is 22.3. The number of aryl methyl sites for hydroxylation is 2. The molecule has 2 aromatic heterocycles. The van der Waals surface area contributed by atoms with Crippen LogP contribution >= 0.6 is 0 Å². The molecule has 1 N–H and O–H groups in total. The van der Waals surface area contributed by atoms with Crippen molar-refractivity contribution in [2.75, 3.05) is 45.7 Å². The first kappa shape index (κ1) is 25.1. The van der Waals surface area contributed by atoms with Crippen molar-refractivity contribution in [3.8, 4) is 5.88 Å². The summed E-state index contributed by atoms with van der Waals surface area (Å²) in [6, 6.07) is 5.94. The summed E-state index contributed by atoms with van der Waals surface area (Å²) in [5, 5.41) is 7.55. The third-order valence-corrected chi connectivity index (χ3v) is 7.38. The van der Waals surface area contributed by atoms with Crippen LogP contribution in [0.25, 0.3) is 5.57 Å². The Kier molecular flexibility index (Phi) is 7.08. The molecule has 1 fully saturated rings. The predicted molar refractivity (Wildman–Crippen MR) is 144 cm³/mol. The minimum absolute atomic E-state index is 0.0392. The van der Waals surface area contributed by atoms with Crippen LogP contribution in [-0.4, -0.2) is 81.8 Å². The van der Waals surface area contributed by atoms with Gasteiger partial charge in [-0.1, -0.05) is 18.2 Å². The van der Waals surface area contributed by atoms with Gasteiger partial charge in [-0.3, -0.25) is 14.4 Å². The maximum Gasteiger partial charge on any atom is 0.241 e. The van der Waals surface area contributed by atoms with E-state index in [0.717, 1.165) is 71.8 Å². The normalized spacial score (nSPS) is 16.8. The average molecular weight is 502 g/mol. The number of methoxy groups -OCH3 is 1. The summed E-state index contributed by atoms with van der Waals surface area (Å²) in [7, 11) is 5.61. The van der Waals surface area contributed by atoms with E-state index in [0.29, 0.717) is 18.1 Å². The van der Waals surface area contributed by atoms with E-state index >= 15 is 0 Å². The van der Waals surface area contributed by atoms with Crippen LogP contribution in [0, 0.1) is 6.92 Å². The van der Waals surface area contributed by atoms with Crippen LogP contribution in [0.3, 0.4) is 0 Å². The number of hydrogen-bond donors (Lipinski definition) is 1. The number of piperazine rings is 1. The van der Waals surface area contributed by atoms with E-state index in [9.17, 15) is 4.79 Å². The Morgan fingerprint density at radius 3 is 2.73 bits per heavy atom. The second-order valence-electron chi connectivity index (χ2n) is 9.99. The Labute approximate surface area is 218 Å². The molecule has 1 aliphatic carbocycles. The molecule has 1 atom stereocenters. The first-order chi connectivity index (χ1) is 17.8. The van der Waals surface area contributed by atoms with Gasteiger partial charge in [-0.2, -0.15) is 0 Å². The molecule has 5 rings (SSSR count). The number of aromatic nitrogens is 4. The van der Waals surface area contributed by atoms with Crippen molar-refractivity contribution in [2.45, 2.75) is 32.7 Å². The smallest absolute Gasteiger partial charge is 0.241 e. The zero-order valence-corrected chi connectivity index (χ0v) is 22.3. The fraction of sp³-hybridized carbons (Fsp3) is 0.429. The van der Waals surface area contributed by atoms with Gasteiger partial charge in [-0.25, -0.2) is 9.97 Å². The minimum atomic E-state index is -0.172. The molecule has 1 amide bonds. The Morgan fingerprint density at radius 2 is 1.97 bits per heavy atom. The highest BCUT2D eigenvalue weighted by atomic mass is 16.5. The number of carbonyl (C=O) groups is 1. The van der Waals surface area contributed by atoms with Gasteiger partial charge in [-0.15, -0.1) is 5.10 Å². The number of nitrogens with one attached hydrogen (secondary N) is 1. The second-order valence-corrected chi connectivity index (χ2v) is 9.99. The van der Waals surface area contributed by atoms with E-state index < -0.39 is 0 Å². The highest BCUT2D eigenvalue weighted by molar-refractivity contribution is 5.97. The van der Waals surface area contributed by atoms with Crippen LogP contribution < -0.4 is 10.1 Å². The molecule has 194 valence electrons. The molecule has 1 aromatic carbocycles. The molecular weight excluding hydrogens is 466 g/mol. The van der Waals surface area contributed by atoms with Crippen molar-refractivity contribution in [3.05, 3.63) is 70.4 Å². The average Bonchev–Trinajstić information content (AvgIpc) is 3.48. The highest BCUT2D eigenvalue weighted by Gasteiger charge is 2.27. The summed E-state index contributed by atoms with van der Waals surface area (Å²) < 4.78 is 7.14. The van der Waals surface area contributed by atoms with Crippen LogP contribution in [0.15, 0.2) is 36.7 Å². The molecule has 1 saturated heterocycles. The van der Waals surface area contributed by atoms with Crippen LogP contribution in [0.4, 0.5) is 5.69 Å². The van der Waals surface area contributed by atoms with Gasteiger partial charge < -0.3 is 15.0 Å². The van der Waals surface area contributed by atoms with E-state index in [4.69, 9.17) is 9.72 Å². The van der Waals surface area contributed by atoms with Crippen molar-refractivity contribution in [1.82, 2.24) is 29.5 Å². The molecule has 0 spiro atoms. The number of carbonyl (C=O) groups excluding carboxylic acids is 1. The van der Waals surface area contributed by atoms with E-state index in [1.165, 1.54) is 0 Å². The van der Waals surface area contributed by atoms with Gasteiger partial charge in [0.05, 0.1) is 18.8 Å². The van der Waals surface area contributed by atoms with Crippen molar-refractivity contribution >= 4 is 17.2 Å². The summed E-state index contributed by atoms with van der Waals surface area (Å²) in [4.78, 5) is 27.2. The Morgan fingerprint density at radius 1 is 1.19 bits per heavy atom. The highest BCUT2D eigenvalue weighted by Crippen LogP contribution is 2.37. The lowest BCUT2D eigenvalue weighted by Gasteiger charge is -2.35. The number of likely N-dealkylation sites (N-methyl/N-ethyl adjacent to an activating group) is 1. The Hall–Kier alpha value is -3.56. The number of ether oxygens (including phenoxy) is 1. The van der Waals surface area contributed by atoms with Crippen molar-refractivity contribution in [3.63, 3.8) is 0 Å². The van der Waals surface area contributed by atoms with Crippen LogP contribution in [0.2, 0.25) is 0 Å². The first-order valence-electron chi connectivity index (χ1n) is 12.8.